The van der Waals surface area contributed by atoms with Gasteiger partial charge in [0.2, 0.25) is 11.8 Å². The molecule has 2 heterocycles. The summed E-state index contributed by atoms with van der Waals surface area (Å²) in [7, 11) is 4.85. The number of imide groups is 2. The Labute approximate surface area is 178 Å². The molecule has 0 aromatic heterocycles. The second kappa shape index (κ2) is 8.42. The number of esters is 2. The number of anilines is 1. The van der Waals surface area contributed by atoms with Gasteiger partial charge >= 0.3 is 18.0 Å². The van der Waals surface area contributed by atoms with Crippen molar-refractivity contribution in [2.75, 3.05) is 33.2 Å². The zero-order valence-corrected chi connectivity index (χ0v) is 17.4. The highest BCUT2D eigenvalue weighted by molar-refractivity contribution is 6.17. The number of benzene rings is 1. The van der Waals surface area contributed by atoms with Crippen LogP contribution in [-0.2, 0) is 28.7 Å². The second-order valence-corrected chi connectivity index (χ2v) is 6.88. The Morgan fingerprint density at radius 3 is 2.16 bits per heavy atom. The van der Waals surface area contributed by atoms with Crippen LogP contribution in [0.1, 0.15) is 5.56 Å². The summed E-state index contributed by atoms with van der Waals surface area (Å²) in [6, 6.07) is 5.17. The van der Waals surface area contributed by atoms with Gasteiger partial charge in [0.15, 0.2) is 0 Å². The largest absolute Gasteiger partial charge is 0.466 e. The first-order valence-electron chi connectivity index (χ1n) is 9.26. The van der Waals surface area contributed by atoms with Gasteiger partial charge < -0.3 is 14.4 Å². The molecule has 1 saturated heterocycles. The summed E-state index contributed by atoms with van der Waals surface area (Å²) in [5, 5.41) is 0. The molecule has 0 radical (unpaired) electrons. The average Bonchev–Trinajstić information content (AvgIpc) is 2.79. The van der Waals surface area contributed by atoms with E-state index in [9.17, 15) is 24.0 Å². The fourth-order valence-electron chi connectivity index (χ4n) is 3.58. The van der Waals surface area contributed by atoms with Crippen molar-refractivity contribution in [3.8, 4) is 0 Å². The molecule has 2 aliphatic rings. The molecule has 0 aliphatic carbocycles. The van der Waals surface area contributed by atoms with Crippen molar-refractivity contribution in [1.29, 1.82) is 0 Å². The number of fused-ring (bicyclic) bond motifs is 1. The zero-order valence-electron chi connectivity index (χ0n) is 17.4. The van der Waals surface area contributed by atoms with Gasteiger partial charge in [-0.1, -0.05) is 30.4 Å². The molecule has 0 spiro atoms. The van der Waals surface area contributed by atoms with Crippen LogP contribution in [0.3, 0.4) is 0 Å². The number of carbonyl (C=O) groups is 5. The number of carbonyl (C=O) groups excluding carboxylic acids is 5. The lowest BCUT2D eigenvalue weighted by molar-refractivity contribution is -0.148. The van der Waals surface area contributed by atoms with Crippen molar-refractivity contribution >= 4 is 41.5 Å². The van der Waals surface area contributed by atoms with Crippen molar-refractivity contribution in [1.82, 2.24) is 9.80 Å². The lowest BCUT2D eigenvalue weighted by Crippen LogP contribution is -2.62. The summed E-state index contributed by atoms with van der Waals surface area (Å²) in [5.41, 5.74) is 0.934. The maximum atomic E-state index is 13.0. The van der Waals surface area contributed by atoms with Gasteiger partial charge in [0.25, 0.3) is 0 Å². The second-order valence-electron chi connectivity index (χ2n) is 6.88. The highest BCUT2D eigenvalue weighted by Gasteiger charge is 2.49. The SMILES string of the molecule is COC(=O)/C=C(/C(=O)OC)N1c2ccccc2C=CC1C1C(=O)N(C)C(=O)N(C)C1=O. The van der Waals surface area contributed by atoms with Crippen LogP contribution in [0.5, 0.6) is 0 Å². The Morgan fingerprint density at radius 1 is 0.968 bits per heavy atom. The number of hydrogen-bond acceptors (Lipinski definition) is 8. The fraction of sp³-hybridized carbons (Fsp3) is 0.286. The molecule has 2 aliphatic heterocycles. The Bertz CT molecular complexity index is 1010. The molecule has 31 heavy (non-hydrogen) atoms. The fourth-order valence-corrected chi connectivity index (χ4v) is 3.58. The molecule has 1 aromatic rings. The number of hydrogen-bond donors (Lipinski definition) is 0. The highest BCUT2D eigenvalue weighted by Crippen LogP contribution is 2.37. The van der Waals surface area contributed by atoms with Crippen LogP contribution >= 0.6 is 0 Å². The molecule has 3 rings (SSSR count). The third-order valence-electron chi connectivity index (χ3n) is 5.19. The highest BCUT2D eigenvalue weighted by atomic mass is 16.5. The number of nitrogens with zero attached hydrogens (tertiary/aromatic N) is 3. The zero-order chi connectivity index (χ0) is 22.9. The van der Waals surface area contributed by atoms with E-state index in [-0.39, 0.29) is 5.70 Å². The molecular weight excluding hydrogens is 406 g/mol. The summed E-state index contributed by atoms with van der Waals surface area (Å²) in [5.74, 6) is -4.49. The van der Waals surface area contributed by atoms with Crippen LogP contribution in [0.2, 0.25) is 0 Å². The minimum Gasteiger partial charge on any atom is -0.466 e. The van der Waals surface area contributed by atoms with E-state index in [1.54, 1.807) is 36.4 Å². The smallest absolute Gasteiger partial charge is 0.354 e. The van der Waals surface area contributed by atoms with Crippen molar-refractivity contribution < 1.29 is 33.4 Å². The van der Waals surface area contributed by atoms with Gasteiger partial charge in [-0.05, 0) is 11.6 Å². The Balaban J connectivity index is 2.21. The van der Waals surface area contributed by atoms with E-state index in [2.05, 4.69) is 4.74 Å². The van der Waals surface area contributed by atoms with Gasteiger partial charge in [-0.15, -0.1) is 0 Å². The van der Waals surface area contributed by atoms with E-state index in [0.29, 0.717) is 11.3 Å². The molecule has 0 bridgehead atoms. The molecule has 1 unspecified atom stereocenters. The molecule has 0 N–H and O–H groups in total. The minimum atomic E-state index is -1.34. The topological polar surface area (TPSA) is 114 Å². The van der Waals surface area contributed by atoms with E-state index < -0.39 is 41.7 Å². The maximum Gasteiger partial charge on any atom is 0.354 e. The summed E-state index contributed by atoms with van der Waals surface area (Å²) in [6.45, 7) is 0. The quantitative estimate of drug-likeness (QED) is 0.394. The Kier molecular flexibility index (Phi) is 5.91. The number of barbiturate groups is 1. The van der Waals surface area contributed by atoms with Crippen molar-refractivity contribution in [2.24, 2.45) is 5.92 Å². The molecule has 10 heteroatoms. The van der Waals surface area contributed by atoms with E-state index in [1.807, 2.05) is 0 Å². The molecule has 4 amide bonds. The van der Waals surface area contributed by atoms with Crippen molar-refractivity contribution in [3.63, 3.8) is 0 Å². The number of methoxy groups -OCH3 is 2. The predicted octanol–water partition coefficient (Wildman–Crippen LogP) is 0.785. The molecule has 162 valence electrons. The van der Waals surface area contributed by atoms with Crippen LogP contribution in [0.25, 0.3) is 6.08 Å². The summed E-state index contributed by atoms with van der Waals surface area (Å²) in [4.78, 5) is 65.8. The van der Waals surface area contributed by atoms with Crippen LogP contribution in [-0.4, -0.2) is 73.9 Å². The first-order valence-corrected chi connectivity index (χ1v) is 9.26. The number of para-hydroxylation sites is 1. The predicted molar refractivity (Wildman–Crippen MR) is 108 cm³/mol. The van der Waals surface area contributed by atoms with Gasteiger partial charge in [0, 0.05) is 19.8 Å². The monoisotopic (exact) mass is 427 g/mol. The first kappa shape index (κ1) is 21.8. The summed E-state index contributed by atoms with van der Waals surface area (Å²) < 4.78 is 9.51. The van der Waals surface area contributed by atoms with Crippen molar-refractivity contribution in [3.05, 3.63) is 47.7 Å². The molecule has 1 aromatic carbocycles. The normalized spacial score (nSPS) is 19.5. The number of amides is 4. The molecular formula is C21H21N3O7. The van der Waals surface area contributed by atoms with E-state index in [1.165, 1.54) is 19.0 Å². The lowest BCUT2D eigenvalue weighted by atomic mass is 9.88. The van der Waals surface area contributed by atoms with E-state index >= 15 is 0 Å². The lowest BCUT2D eigenvalue weighted by Gasteiger charge is -2.42. The van der Waals surface area contributed by atoms with E-state index in [0.717, 1.165) is 30.1 Å². The van der Waals surface area contributed by atoms with Gasteiger partial charge in [-0.25, -0.2) is 14.4 Å². The number of rotatable bonds is 4. The Hall–Kier alpha value is -3.95. The van der Waals surface area contributed by atoms with Gasteiger partial charge in [-0.2, -0.15) is 0 Å². The van der Waals surface area contributed by atoms with Gasteiger partial charge in [0.05, 0.1) is 26.3 Å². The van der Waals surface area contributed by atoms with Crippen molar-refractivity contribution in [2.45, 2.75) is 6.04 Å². The van der Waals surface area contributed by atoms with Gasteiger partial charge in [0.1, 0.15) is 11.6 Å². The average molecular weight is 427 g/mol. The molecule has 1 fully saturated rings. The van der Waals surface area contributed by atoms with E-state index in [4.69, 9.17) is 4.74 Å². The van der Waals surface area contributed by atoms with Crippen LogP contribution in [0.15, 0.2) is 42.1 Å². The maximum absolute atomic E-state index is 13.0. The first-order chi connectivity index (χ1) is 14.7. The molecule has 1 atom stereocenters. The summed E-state index contributed by atoms with van der Waals surface area (Å²) in [6.07, 6.45) is 4.22. The Morgan fingerprint density at radius 2 is 1.58 bits per heavy atom. The minimum absolute atomic E-state index is 0.223. The third kappa shape index (κ3) is 3.67. The summed E-state index contributed by atoms with van der Waals surface area (Å²) >= 11 is 0. The van der Waals surface area contributed by atoms with Crippen LogP contribution in [0, 0.1) is 5.92 Å². The third-order valence-corrected chi connectivity index (χ3v) is 5.19. The van der Waals surface area contributed by atoms with Crippen LogP contribution in [0.4, 0.5) is 10.5 Å². The molecule has 0 saturated carbocycles. The number of ether oxygens (including phenoxy) is 2. The van der Waals surface area contributed by atoms with Gasteiger partial charge in [-0.3, -0.25) is 19.4 Å². The molecule has 10 nitrogen and oxygen atoms in total. The van der Waals surface area contributed by atoms with Crippen LogP contribution < -0.4 is 4.90 Å². The number of urea groups is 1. The standard InChI is InChI=1S/C21H21N3O7/c1-22-18(26)17(19(27)23(2)21(22)29)14-10-9-12-7-5-6-8-13(12)24(14)15(20(28)31-4)11-16(25)30-3/h5-11,14,17H,1-4H3/b15-11-.